The molecule has 33 heavy (non-hydrogen) atoms. The van der Waals surface area contributed by atoms with E-state index in [1.807, 2.05) is 18.2 Å². The molecule has 1 fully saturated rings. The van der Waals surface area contributed by atoms with Gasteiger partial charge in [-0.2, -0.15) is 0 Å². The van der Waals surface area contributed by atoms with E-state index >= 15 is 0 Å². The summed E-state index contributed by atoms with van der Waals surface area (Å²) >= 11 is 4.66. The number of amides is 1. The van der Waals surface area contributed by atoms with Gasteiger partial charge in [0.2, 0.25) is 5.13 Å². The molecule has 170 valence electrons. The topological polar surface area (TPSA) is 92.6 Å². The van der Waals surface area contributed by atoms with Crippen LogP contribution in [0.4, 0.5) is 5.13 Å². The van der Waals surface area contributed by atoms with Gasteiger partial charge in [-0.15, -0.1) is 10.2 Å². The fraction of sp³-hybridized carbons (Fsp3) is 0.250. The summed E-state index contributed by atoms with van der Waals surface area (Å²) in [7, 11) is 0. The van der Waals surface area contributed by atoms with E-state index in [0.717, 1.165) is 17.3 Å². The first-order valence-electron chi connectivity index (χ1n) is 10.5. The number of hydrogen-bond donors (Lipinski definition) is 1. The molecule has 1 aromatic heterocycles. The molecule has 2 heterocycles. The molecule has 1 atom stereocenters. The molecule has 0 unspecified atom stereocenters. The lowest BCUT2D eigenvalue weighted by Gasteiger charge is -2.22. The van der Waals surface area contributed by atoms with E-state index in [0.29, 0.717) is 33.6 Å². The Kier molecular flexibility index (Phi) is 6.90. The second-order valence-corrected chi connectivity index (χ2v) is 9.63. The van der Waals surface area contributed by atoms with E-state index in [1.54, 1.807) is 37.3 Å². The number of aliphatic hydroxyl groups is 1. The van der Waals surface area contributed by atoms with Gasteiger partial charge in [-0.05, 0) is 55.3 Å². The molecule has 1 N–H and O–H groups in total. The number of benzene rings is 2. The summed E-state index contributed by atoms with van der Waals surface area (Å²) in [6, 6.07) is 13.3. The molecule has 0 bridgehead atoms. The number of nitrogens with zero attached hydrogens (tertiary/aromatic N) is 3. The van der Waals surface area contributed by atoms with Crippen molar-refractivity contribution in [3.63, 3.8) is 0 Å². The van der Waals surface area contributed by atoms with Gasteiger partial charge < -0.3 is 9.84 Å². The van der Waals surface area contributed by atoms with Crippen LogP contribution in [0.2, 0.25) is 0 Å². The number of ether oxygens (including phenoxy) is 1. The van der Waals surface area contributed by atoms with E-state index in [9.17, 15) is 14.7 Å². The van der Waals surface area contributed by atoms with Crippen molar-refractivity contribution in [1.82, 2.24) is 10.2 Å². The third-order valence-corrected chi connectivity index (χ3v) is 6.56. The number of rotatable bonds is 7. The molecule has 1 aliphatic heterocycles. The largest absolute Gasteiger partial charge is 0.507 e. The Bertz CT molecular complexity index is 1220. The van der Waals surface area contributed by atoms with Crippen LogP contribution in [0.25, 0.3) is 5.76 Å². The SMILES string of the molecule is CCCCOc1ccc(C(O)=C2C(=O)C(=O)N(c3nnc(C)s3)[C@H]2c2cccc(Br)c2)cc1. The Morgan fingerprint density at radius 2 is 1.94 bits per heavy atom. The Labute approximate surface area is 203 Å². The molecule has 3 aromatic rings. The van der Waals surface area contributed by atoms with E-state index in [1.165, 1.54) is 16.2 Å². The van der Waals surface area contributed by atoms with Crippen molar-refractivity contribution >= 4 is 49.8 Å². The summed E-state index contributed by atoms with van der Waals surface area (Å²) in [6.07, 6.45) is 1.98. The monoisotopic (exact) mass is 527 g/mol. The van der Waals surface area contributed by atoms with Crippen molar-refractivity contribution in [2.24, 2.45) is 0 Å². The van der Waals surface area contributed by atoms with Crippen molar-refractivity contribution in [3.8, 4) is 5.75 Å². The number of aliphatic hydroxyl groups excluding tert-OH is 1. The third-order valence-electron chi connectivity index (χ3n) is 5.22. The lowest BCUT2D eigenvalue weighted by molar-refractivity contribution is -0.132. The number of aryl methyl sites for hydroxylation is 1. The molecular weight excluding hydrogens is 506 g/mol. The fourth-order valence-electron chi connectivity index (χ4n) is 3.60. The predicted octanol–water partition coefficient (Wildman–Crippen LogP) is 5.41. The van der Waals surface area contributed by atoms with Gasteiger partial charge in [-0.25, -0.2) is 0 Å². The Hall–Kier alpha value is -3.04. The zero-order valence-electron chi connectivity index (χ0n) is 18.1. The zero-order chi connectivity index (χ0) is 23.5. The molecule has 2 aromatic carbocycles. The molecule has 7 nitrogen and oxygen atoms in total. The number of ketones is 1. The molecule has 0 aliphatic carbocycles. The summed E-state index contributed by atoms with van der Waals surface area (Å²) in [5.74, 6) is -1.10. The van der Waals surface area contributed by atoms with Crippen molar-refractivity contribution in [2.45, 2.75) is 32.7 Å². The van der Waals surface area contributed by atoms with Gasteiger partial charge in [0, 0.05) is 10.0 Å². The Morgan fingerprint density at radius 3 is 2.58 bits per heavy atom. The number of aromatic nitrogens is 2. The first kappa shape index (κ1) is 23.1. The van der Waals surface area contributed by atoms with Gasteiger partial charge in [-0.3, -0.25) is 14.5 Å². The number of anilines is 1. The van der Waals surface area contributed by atoms with Crippen LogP contribution < -0.4 is 9.64 Å². The zero-order valence-corrected chi connectivity index (χ0v) is 20.5. The van der Waals surface area contributed by atoms with Crippen LogP contribution in [0.5, 0.6) is 5.75 Å². The standard InChI is InChI=1S/C24H22BrN3O4S/c1-3-4-12-32-18-10-8-15(9-11-18)21(29)19-20(16-6-5-7-17(25)13-16)28(23(31)22(19)30)24-27-26-14(2)33-24/h5-11,13,20,29H,3-4,12H2,1-2H3/t20-/m0/s1. The summed E-state index contributed by atoms with van der Waals surface area (Å²) in [4.78, 5) is 27.5. The minimum atomic E-state index is -0.838. The van der Waals surface area contributed by atoms with E-state index < -0.39 is 17.7 Å². The number of hydrogen-bond acceptors (Lipinski definition) is 7. The van der Waals surface area contributed by atoms with Gasteiger partial charge in [0.1, 0.15) is 16.5 Å². The lowest BCUT2D eigenvalue weighted by atomic mass is 9.95. The Balaban J connectivity index is 1.79. The molecule has 9 heteroatoms. The highest BCUT2D eigenvalue weighted by Crippen LogP contribution is 2.43. The maximum absolute atomic E-state index is 13.1. The van der Waals surface area contributed by atoms with Crippen molar-refractivity contribution in [3.05, 3.63) is 74.7 Å². The smallest absolute Gasteiger partial charge is 0.301 e. The van der Waals surface area contributed by atoms with Crippen LogP contribution in [0, 0.1) is 6.92 Å². The second-order valence-electron chi connectivity index (χ2n) is 7.55. The maximum Gasteiger partial charge on any atom is 0.301 e. The van der Waals surface area contributed by atoms with Crippen LogP contribution >= 0.6 is 27.3 Å². The van der Waals surface area contributed by atoms with Gasteiger partial charge in [0.25, 0.3) is 5.78 Å². The van der Waals surface area contributed by atoms with Crippen LogP contribution in [-0.2, 0) is 9.59 Å². The van der Waals surface area contributed by atoms with Gasteiger partial charge in [0.15, 0.2) is 0 Å². The van der Waals surface area contributed by atoms with E-state index in [4.69, 9.17) is 4.74 Å². The normalized spacial score (nSPS) is 17.5. The molecule has 1 amide bonds. The molecule has 0 spiro atoms. The summed E-state index contributed by atoms with van der Waals surface area (Å²) in [6.45, 7) is 4.47. The van der Waals surface area contributed by atoms with Crippen molar-refractivity contribution < 1.29 is 19.4 Å². The fourth-order valence-corrected chi connectivity index (χ4v) is 4.74. The van der Waals surface area contributed by atoms with Crippen molar-refractivity contribution in [2.75, 3.05) is 11.5 Å². The minimum absolute atomic E-state index is 0.00519. The highest BCUT2D eigenvalue weighted by atomic mass is 79.9. The maximum atomic E-state index is 13.1. The van der Waals surface area contributed by atoms with Gasteiger partial charge >= 0.3 is 5.91 Å². The van der Waals surface area contributed by atoms with Crippen LogP contribution in [0.3, 0.4) is 0 Å². The number of carbonyl (C=O) groups is 2. The lowest BCUT2D eigenvalue weighted by Crippen LogP contribution is -2.29. The first-order chi connectivity index (χ1) is 15.9. The van der Waals surface area contributed by atoms with Gasteiger partial charge in [-0.1, -0.05) is 52.7 Å². The first-order valence-corrected chi connectivity index (χ1v) is 12.1. The Morgan fingerprint density at radius 1 is 1.18 bits per heavy atom. The quantitative estimate of drug-likeness (QED) is 0.191. The molecule has 1 aliphatic rings. The van der Waals surface area contributed by atoms with Crippen LogP contribution in [0.15, 0.2) is 58.6 Å². The van der Waals surface area contributed by atoms with Gasteiger partial charge in [0.05, 0.1) is 18.2 Å². The summed E-state index contributed by atoms with van der Waals surface area (Å²) in [5, 5.41) is 20.2. The van der Waals surface area contributed by atoms with E-state index in [2.05, 4.69) is 33.1 Å². The van der Waals surface area contributed by atoms with Crippen LogP contribution in [0.1, 0.15) is 41.9 Å². The van der Waals surface area contributed by atoms with Crippen molar-refractivity contribution in [1.29, 1.82) is 0 Å². The average Bonchev–Trinajstić information content (AvgIpc) is 3.34. The highest BCUT2D eigenvalue weighted by Gasteiger charge is 2.48. The third kappa shape index (κ3) is 4.69. The second kappa shape index (κ2) is 9.84. The minimum Gasteiger partial charge on any atom is -0.507 e. The molecular formula is C24H22BrN3O4S. The highest BCUT2D eigenvalue weighted by molar-refractivity contribution is 9.10. The van der Waals surface area contributed by atoms with Crippen LogP contribution in [-0.4, -0.2) is 33.6 Å². The number of Topliss-reactive ketones (excluding diaryl/α,β-unsaturated/α-hetero) is 1. The molecule has 1 saturated heterocycles. The summed E-state index contributed by atoms with van der Waals surface area (Å²) < 4.78 is 6.46. The molecule has 4 rings (SSSR count). The number of carbonyl (C=O) groups excluding carboxylic acids is 2. The summed E-state index contributed by atoms with van der Waals surface area (Å²) in [5.41, 5.74) is 1.09. The molecule has 0 radical (unpaired) electrons. The number of unbranched alkanes of at least 4 members (excludes halogenated alkanes) is 1. The average molecular weight is 528 g/mol. The predicted molar refractivity (Wildman–Crippen MR) is 130 cm³/mol. The number of halogens is 1. The molecule has 0 saturated carbocycles. The van der Waals surface area contributed by atoms with E-state index in [-0.39, 0.29) is 11.3 Å².